The molecule has 120 valence electrons. The van der Waals surface area contributed by atoms with Crippen LogP contribution in [0.3, 0.4) is 0 Å². The van der Waals surface area contributed by atoms with Crippen molar-refractivity contribution in [2.75, 3.05) is 6.61 Å². The Labute approximate surface area is 131 Å². The van der Waals surface area contributed by atoms with E-state index in [1.807, 2.05) is 24.3 Å². The maximum Gasteiger partial charge on any atom is 0.246 e. The molecule has 4 heteroatoms. The standard InChI is InChI=1S/C18H25NO3/c1-12-5-4-7-14(9-12)22-11-17(21)19-18-15-8-3-2-6-13(15)10-16(18)20/h2-3,6,8,12,14,16,18,20H,4-5,7,9-11H2,1H3,(H,19,21)/t12?,14?,16-,18+/m1/s1. The van der Waals surface area contributed by atoms with Gasteiger partial charge in [-0.2, -0.15) is 0 Å². The molecule has 3 rings (SSSR count). The summed E-state index contributed by atoms with van der Waals surface area (Å²) in [7, 11) is 0. The highest BCUT2D eigenvalue weighted by Gasteiger charge is 2.32. The smallest absolute Gasteiger partial charge is 0.246 e. The second kappa shape index (κ2) is 6.80. The molecule has 0 aliphatic heterocycles. The zero-order chi connectivity index (χ0) is 15.5. The van der Waals surface area contributed by atoms with E-state index in [1.54, 1.807) is 0 Å². The normalized spacial score (nSPS) is 30.8. The summed E-state index contributed by atoms with van der Waals surface area (Å²) in [5.74, 6) is 0.546. The van der Waals surface area contributed by atoms with E-state index in [1.165, 1.54) is 12.8 Å². The van der Waals surface area contributed by atoms with Crippen molar-refractivity contribution in [3.63, 3.8) is 0 Å². The van der Waals surface area contributed by atoms with E-state index in [9.17, 15) is 9.90 Å². The summed E-state index contributed by atoms with van der Waals surface area (Å²) in [6, 6.07) is 7.57. The van der Waals surface area contributed by atoms with Crippen molar-refractivity contribution in [3.05, 3.63) is 35.4 Å². The molecule has 4 atom stereocenters. The summed E-state index contributed by atoms with van der Waals surface area (Å²) in [5, 5.41) is 13.1. The van der Waals surface area contributed by atoms with Crippen LogP contribution in [-0.2, 0) is 16.0 Å². The molecule has 1 saturated carbocycles. The van der Waals surface area contributed by atoms with Gasteiger partial charge in [0, 0.05) is 6.42 Å². The van der Waals surface area contributed by atoms with Crippen molar-refractivity contribution in [2.45, 2.75) is 57.3 Å². The topological polar surface area (TPSA) is 58.6 Å². The van der Waals surface area contributed by atoms with Gasteiger partial charge in [0.05, 0.1) is 18.2 Å². The van der Waals surface area contributed by atoms with Crippen LogP contribution < -0.4 is 5.32 Å². The highest BCUT2D eigenvalue weighted by atomic mass is 16.5. The Morgan fingerprint density at radius 2 is 2.18 bits per heavy atom. The first-order valence-corrected chi connectivity index (χ1v) is 8.30. The average Bonchev–Trinajstić information content (AvgIpc) is 2.81. The third-order valence-electron chi connectivity index (χ3n) is 4.86. The van der Waals surface area contributed by atoms with Crippen molar-refractivity contribution in [1.82, 2.24) is 5.32 Å². The lowest BCUT2D eigenvalue weighted by atomic mass is 9.89. The third-order valence-corrected chi connectivity index (χ3v) is 4.86. The van der Waals surface area contributed by atoms with E-state index in [0.717, 1.165) is 24.0 Å². The van der Waals surface area contributed by atoms with Crippen LogP contribution in [0.5, 0.6) is 0 Å². The number of aliphatic hydroxyl groups is 1. The Bertz CT molecular complexity index is 531. The first-order chi connectivity index (χ1) is 10.6. The number of benzene rings is 1. The van der Waals surface area contributed by atoms with Crippen molar-refractivity contribution in [2.24, 2.45) is 5.92 Å². The van der Waals surface area contributed by atoms with Gasteiger partial charge in [-0.1, -0.05) is 44.0 Å². The van der Waals surface area contributed by atoms with Gasteiger partial charge in [-0.3, -0.25) is 4.79 Å². The number of hydrogen-bond donors (Lipinski definition) is 2. The summed E-state index contributed by atoms with van der Waals surface area (Å²) in [6.45, 7) is 2.32. The summed E-state index contributed by atoms with van der Waals surface area (Å²) in [4.78, 5) is 12.1. The molecule has 2 N–H and O–H groups in total. The molecular formula is C18H25NO3. The van der Waals surface area contributed by atoms with E-state index in [4.69, 9.17) is 4.74 Å². The van der Waals surface area contributed by atoms with E-state index < -0.39 is 6.10 Å². The summed E-state index contributed by atoms with van der Waals surface area (Å²) in [6.07, 6.45) is 4.79. The Kier molecular flexibility index (Phi) is 4.79. The molecule has 22 heavy (non-hydrogen) atoms. The van der Waals surface area contributed by atoms with Crippen LogP contribution in [0.15, 0.2) is 24.3 Å². The molecule has 0 heterocycles. The minimum Gasteiger partial charge on any atom is -0.390 e. The van der Waals surface area contributed by atoms with E-state index >= 15 is 0 Å². The van der Waals surface area contributed by atoms with E-state index in [0.29, 0.717) is 12.3 Å². The quantitative estimate of drug-likeness (QED) is 0.897. The van der Waals surface area contributed by atoms with Crippen molar-refractivity contribution in [3.8, 4) is 0 Å². The number of nitrogens with one attached hydrogen (secondary N) is 1. The monoisotopic (exact) mass is 303 g/mol. The fourth-order valence-corrected chi connectivity index (χ4v) is 3.69. The minimum atomic E-state index is -0.545. The molecule has 2 aliphatic carbocycles. The van der Waals surface area contributed by atoms with Gasteiger partial charge < -0.3 is 15.2 Å². The maximum atomic E-state index is 12.1. The van der Waals surface area contributed by atoms with E-state index in [2.05, 4.69) is 12.2 Å². The number of ether oxygens (including phenoxy) is 1. The lowest BCUT2D eigenvalue weighted by molar-refractivity contribution is -0.130. The van der Waals surface area contributed by atoms with Crippen LogP contribution in [0.2, 0.25) is 0 Å². The molecule has 1 fully saturated rings. The summed E-state index contributed by atoms with van der Waals surface area (Å²) < 4.78 is 5.75. The molecule has 0 spiro atoms. The predicted molar refractivity (Wildman–Crippen MR) is 84.4 cm³/mol. The van der Waals surface area contributed by atoms with Gasteiger partial charge >= 0.3 is 0 Å². The summed E-state index contributed by atoms with van der Waals surface area (Å²) in [5.41, 5.74) is 2.14. The van der Waals surface area contributed by atoms with Gasteiger partial charge in [-0.05, 0) is 29.9 Å². The Morgan fingerprint density at radius 1 is 1.36 bits per heavy atom. The lowest BCUT2D eigenvalue weighted by Gasteiger charge is -2.27. The number of rotatable bonds is 4. The highest BCUT2D eigenvalue weighted by molar-refractivity contribution is 5.78. The van der Waals surface area contributed by atoms with Crippen LogP contribution in [0.1, 0.15) is 49.8 Å². The molecular weight excluding hydrogens is 278 g/mol. The van der Waals surface area contributed by atoms with Crippen molar-refractivity contribution < 1.29 is 14.6 Å². The van der Waals surface area contributed by atoms with Crippen molar-refractivity contribution in [1.29, 1.82) is 0 Å². The SMILES string of the molecule is CC1CCCC(OCC(=O)N[C@H]2c3ccccc3C[C@H]2O)C1. The van der Waals surface area contributed by atoms with Crippen LogP contribution >= 0.6 is 0 Å². The first-order valence-electron chi connectivity index (χ1n) is 8.30. The Morgan fingerprint density at radius 3 is 3.00 bits per heavy atom. The molecule has 0 radical (unpaired) electrons. The number of carbonyl (C=O) groups is 1. The molecule has 1 aromatic rings. The zero-order valence-electron chi connectivity index (χ0n) is 13.1. The van der Waals surface area contributed by atoms with Crippen LogP contribution in [-0.4, -0.2) is 29.8 Å². The highest BCUT2D eigenvalue weighted by Crippen LogP contribution is 2.31. The molecule has 0 saturated heterocycles. The third kappa shape index (κ3) is 3.50. The molecule has 1 aromatic carbocycles. The van der Waals surface area contributed by atoms with Crippen molar-refractivity contribution >= 4 is 5.91 Å². The number of fused-ring (bicyclic) bond motifs is 1. The first kappa shape index (κ1) is 15.5. The molecule has 4 nitrogen and oxygen atoms in total. The predicted octanol–water partition coefficient (Wildman–Crippen LogP) is 2.36. The Hall–Kier alpha value is -1.39. The molecule has 2 unspecified atom stereocenters. The summed E-state index contributed by atoms with van der Waals surface area (Å²) >= 11 is 0. The molecule has 1 amide bonds. The molecule has 2 aliphatic rings. The Balaban J connectivity index is 1.52. The van der Waals surface area contributed by atoms with E-state index in [-0.39, 0.29) is 24.7 Å². The van der Waals surface area contributed by atoms with Crippen LogP contribution in [0.4, 0.5) is 0 Å². The minimum absolute atomic E-state index is 0.0861. The molecule has 0 aromatic heterocycles. The van der Waals surface area contributed by atoms with Gasteiger partial charge in [-0.15, -0.1) is 0 Å². The van der Waals surface area contributed by atoms with Gasteiger partial charge in [0.1, 0.15) is 6.61 Å². The zero-order valence-corrected chi connectivity index (χ0v) is 13.1. The largest absolute Gasteiger partial charge is 0.390 e. The number of carbonyl (C=O) groups excluding carboxylic acids is 1. The number of hydrogen-bond acceptors (Lipinski definition) is 3. The fourth-order valence-electron chi connectivity index (χ4n) is 3.69. The van der Waals surface area contributed by atoms with Crippen LogP contribution in [0, 0.1) is 5.92 Å². The average molecular weight is 303 g/mol. The number of amides is 1. The lowest BCUT2D eigenvalue weighted by Crippen LogP contribution is -2.37. The van der Waals surface area contributed by atoms with Gasteiger partial charge in [0.2, 0.25) is 5.91 Å². The van der Waals surface area contributed by atoms with Crippen LogP contribution in [0.25, 0.3) is 0 Å². The van der Waals surface area contributed by atoms with Gasteiger partial charge in [0.15, 0.2) is 0 Å². The van der Waals surface area contributed by atoms with Gasteiger partial charge in [-0.25, -0.2) is 0 Å². The fraction of sp³-hybridized carbons (Fsp3) is 0.611. The molecule has 0 bridgehead atoms. The second-order valence-electron chi connectivity index (χ2n) is 6.72. The van der Waals surface area contributed by atoms with Gasteiger partial charge in [0.25, 0.3) is 0 Å². The number of aliphatic hydroxyl groups excluding tert-OH is 1. The maximum absolute atomic E-state index is 12.1. The second-order valence-corrected chi connectivity index (χ2v) is 6.72.